The highest BCUT2D eigenvalue weighted by Crippen LogP contribution is 2.08. The Morgan fingerprint density at radius 1 is 0.913 bits per heavy atom. The van der Waals surface area contributed by atoms with E-state index in [1.807, 2.05) is 6.92 Å². The number of piperazine rings is 1. The molecule has 130 valence electrons. The minimum atomic E-state index is -0.489. The highest BCUT2D eigenvalue weighted by atomic mass is 16.5. The molecule has 0 spiro atoms. The Kier molecular flexibility index (Phi) is 6.35. The van der Waals surface area contributed by atoms with Crippen LogP contribution in [0.5, 0.6) is 0 Å². The summed E-state index contributed by atoms with van der Waals surface area (Å²) in [4.78, 5) is 41.3. The van der Waals surface area contributed by atoms with E-state index in [2.05, 4.69) is 0 Å². The Balaban J connectivity index is 1.82. The monoisotopic (exact) mass is 327 g/mol. The van der Waals surface area contributed by atoms with E-state index in [0.717, 1.165) is 0 Å². The smallest absolute Gasteiger partial charge is 0.312 e. The molecule has 0 aliphatic carbocycles. The Bertz CT molecular complexity index is 442. The van der Waals surface area contributed by atoms with Gasteiger partial charge in [0.1, 0.15) is 6.10 Å². The van der Waals surface area contributed by atoms with E-state index in [0.29, 0.717) is 59.1 Å². The van der Waals surface area contributed by atoms with Crippen LogP contribution in [-0.4, -0.2) is 97.6 Å². The van der Waals surface area contributed by atoms with Crippen molar-refractivity contribution < 1.29 is 23.9 Å². The van der Waals surface area contributed by atoms with E-state index in [9.17, 15) is 14.4 Å². The highest BCUT2D eigenvalue weighted by Gasteiger charge is 2.32. The van der Waals surface area contributed by atoms with Gasteiger partial charge in [-0.25, -0.2) is 0 Å². The van der Waals surface area contributed by atoms with Crippen molar-refractivity contribution in [1.82, 2.24) is 14.7 Å². The number of ether oxygens (including phenoxy) is 2. The zero-order valence-corrected chi connectivity index (χ0v) is 13.8. The van der Waals surface area contributed by atoms with Crippen LogP contribution in [0.3, 0.4) is 0 Å². The topological polar surface area (TPSA) is 79.4 Å². The molecule has 23 heavy (non-hydrogen) atoms. The predicted octanol–water partition coefficient (Wildman–Crippen LogP) is -1.06. The maximum atomic E-state index is 12.3. The highest BCUT2D eigenvalue weighted by molar-refractivity contribution is 6.34. The van der Waals surface area contributed by atoms with Crippen molar-refractivity contribution in [2.24, 2.45) is 0 Å². The van der Waals surface area contributed by atoms with Gasteiger partial charge in [-0.05, 0) is 13.8 Å². The molecule has 2 fully saturated rings. The third-order valence-corrected chi connectivity index (χ3v) is 4.12. The number of carbonyl (C=O) groups is 3. The fraction of sp³-hybridized carbons (Fsp3) is 0.800. The molecule has 1 unspecified atom stereocenters. The second-order valence-electron chi connectivity index (χ2n) is 5.62. The molecule has 0 aromatic heterocycles. The number of nitrogens with zero attached hydrogens (tertiary/aromatic N) is 3. The fourth-order valence-electron chi connectivity index (χ4n) is 2.75. The Labute approximate surface area is 136 Å². The molecule has 0 saturated carbocycles. The number of hydrogen-bond acceptors (Lipinski definition) is 5. The van der Waals surface area contributed by atoms with Crippen LogP contribution in [0, 0.1) is 0 Å². The third kappa shape index (κ3) is 4.42. The average Bonchev–Trinajstić information content (AvgIpc) is 2.61. The predicted molar refractivity (Wildman–Crippen MR) is 81.6 cm³/mol. The lowest BCUT2D eigenvalue weighted by atomic mass is 10.2. The van der Waals surface area contributed by atoms with Crippen LogP contribution in [0.2, 0.25) is 0 Å². The first-order chi connectivity index (χ1) is 11.0. The number of carbonyl (C=O) groups excluding carboxylic acids is 3. The molecule has 2 rings (SSSR count). The van der Waals surface area contributed by atoms with Crippen molar-refractivity contribution >= 4 is 17.7 Å². The molecule has 0 N–H and O–H groups in total. The second kappa shape index (κ2) is 8.26. The molecular weight excluding hydrogens is 302 g/mol. The second-order valence-corrected chi connectivity index (χ2v) is 5.62. The van der Waals surface area contributed by atoms with Crippen LogP contribution in [-0.2, 0) is 23.9 Å². The van der Waals surface area contributed by atoms with Gasteiger partial charge in [-0.1, -0.05) is 0 Å². The maximum absolute atomic E-state index is 12.3. The first-order valence-electron chi connectivity index (χ1n) is 8.11. The first-order valence-corrected chi connectivity index (χ1v) is 8.11. The van der Waals surface area contributed by atoms with Crippen LogP contribution in [0.1, 0.15) is 13.8 Å². The van der Waals surface area contributed by atoms with Gasteiger partial charge in [-0.15, -0.1) is 0 Å². The fourth-order valence-corrected chi connectivity index (χ4v) is 2.75. The standard InChI is InChI=1S/C15H25N3O5/c1-3-23-12(2)13(19)16-4-6-17(7-5-16)14(20)15(21)18-8-10-22-11-9-18/h12H,3-11H2,1-2H3. The van der Waals surface area contributed by atoms with Crippen molar-refractivity contribution in [2.75, 3.05) is 59.1 Å². The molecule has 8 nitrogen and oxygen atoms in total. The number of rotatable bonds is 3. The van der Waals surface area contributed by atoms with Crippen LogP contribution in [0.4, 0.5) is 0 Å². The lowest BCUT2D eigenvalue weighted by Gasteiger charge is -2.36. The number of morpholine rings is 1. The molecule has 0 radical (unpaired) electrons. The number of amides is 3. The van der Waals surface area contributed by atoms with Gasteiger partial charge in [0.05, 0.1) is 13.2 Å². The lowest BCUT2D eigenvalue weighted by molar-refractivity contribution is -0.156. The molecule has 1 atom stereocenters. The summed E-state index contributed by atoms with van der Waals surface area (Å²) in [5.41, 5.74) is 0. The molecule has 2 aliphatic heterocycles. The van der Waals surface area contributed by atoms with Crippen LogP contribution in [0.25, 0.3) is 0 Å². The van der Waals surface area contributed by atoms with Crippen molar-refractivity contribution in [2.45, 2.75) is 20.0 Å². The number of hydrogen-bond donors (Lipinski definition) is 0. The Morgan fingerprint density at radius 3 is 1.91 bits per heavy atom. The molecule has 2 aliphatic rings. The zero-order valence-electron chi connectivity index (χ0n) is 13.8. The summed E-state index contributed by atoms with van der Waals surface area (Å²) in [6.07, 6.45) is -0.475. The molecule has 8 heteroatoms. The third-order valence-electron chi connectivity index (χ3n) is 4.12. The molecule has 0 bridgehead atoms. The van der Waals surface area contributed by atoms with Crippen molar-refractivity contribution in [1.29, 1.82) is 0 Å². The summed E-state index contributed by atoms with van der Waals surface area (Å²) in [6.45, 7) is 7.51. The molecule has 3 amide bonds. The van der Waals surface area contributed by atoms with Crippen molar-refractivity contribution in [3.63, 3.8) is 0 Å². The Hall–Kier alpha value is -1.67. The maximum Gasteiger partial charge on any atom is 0.312 e. The summed E-state index contributed by atoms with van der Waals surface area (Å²) in [5, 5.41) is 0. The minimum Gasteiger partial charge on any atom is -0.378 e. The summed E-state index contributed by atoms with van der Waals surface area (Å²) in [7, 11) is 0. The largest absolute Gasteiger partial charge is 0.378 e. The summed E-state index contributed by atoms with van der Waals surface area (Å²) >= 11 is 0. The van der Waals surface area contributed by atoms with E-state index >= 15 is 0 Å². The van der Waals surface area contributed by atoms with Gasteiger partial charge in [0.15, 0.2) is 0 Å². The molecule has 0 aromatic rings. The van der Waals surface area contributed by atoms with E-state index in [1.165, 1.54) is 9.80 Å². The van der Waals surface area contributed by atoms with Gasteiger partial charge in [0, 0.05) is 45.9 Å². The average molecular weight is 327 g/mol. The molecular formula is C15H25N3O5. The summed E-state index contributed by atoms with van der Waals surface area (Å²) in [6, 6.07) is 0. The van der Waals surface area contributed by atoms with Crippen molar-refractivity contribution in [3.05, 3.63) is 0 Å². The van der Waals surface area contributed by atoms with Gasteiger partial charge in [-0.2, -0.15) is 0 Å². The normalized spacial score (nSPS) is 20.3. The van der Waals surface area contributed by atoms with Gasteiger partial charge >= 0.3 is 11.8 Å². The zero-order chi connectivity index (χ0) is 16.8. The summed E-state index contributed by atoms with van der Waals surface area (Å²) < 4.78 is 10.5. The van der Waals surface area contributed by atoms with Crippen molar-refractivity contribution in [3.8, 4) is 0 Å². The van der Waals surface area contributed by atoms with Crippen LogP contribution >= 0.6 is 0 Å². The van der Waals surface area contributed by atoms with Crippen LogP contribution < -0.4 is 0 Å². The van der Waals surface area contributed by atoms with Crippen LogP contribution in [0.15, 0.2) is 0 Å². The molecule has 2 saturated heterocycles. The van der Waals surface area contributed by atoms with Gasteiger partial charge in [0.25, 0.3) is 5.91 Å². The minimum absolute atomic E-state index is 0.0709. The van der Waals surface area contributed by atoms with E-state index < -0.39 is 17.9 Å². The van der Waals surface area contributed by atoms with Gasteiger partial charge in [0.2, 0.25) is 0 Å². The van der Waals surface area contributed by atoms with E-state index in [-0.39, 0.29) is 5.91 Å². The quantitative estimate of drug-likeness (QED) is 0.618. The van der Waals surface area contributed by atoms with Gasteiger partial charge < -0.3 is 24.2 Å². The lowest BCUT2D eigenvalue weighted by Crippen LogP contribution is -2.56. The SMILES string of the molecule is CCOC(C)C(=O)N1CCN(C(=O)C(=O)N2CCOCC2)CC1. The molecule has 2 heterocycles. The van der Waals surface area contributed by atoms with E-state index in [4.69, 9.17) is 9.47 Å². The Morgan fingerprint density at radius 2 is 1.39 bits per heavy atom. The summed E-state index contributed by atoms with van der Waals surface area (Å²) in [5.74, 6) is -1.04. The molecule has 0 aromatic carbocycles. The first kappa shape index (κ1) is 17.7. The van der Waals surface area contributed by atoms with E-state index in [1.54, 1.807) is 11.8 Å². The van der Waals surface area contributed by atoms with Gasteiger partial charge in [-0.3, -0.25) is 14.4 Å².